The van der Waals surface area contributed by atoms with Crippen molar-refractivity contribution < 1.29 is 42.5 Å². The third-order valence-electron chi connectivity index (χ3n) is 9.78. The fraction of sp³-hybridized carbons (Fsp3) is 0.378. The Labute approximate surface area is 313 Å². The average Bonchev–Trinajstić information content (AvgIpc) is 3.64. The van der Waals surface area contributed by atoms with Crippen molar-refractivity contribution in [1.82, 2.24) is 10.2 Å². The highest BCUT2D eigenvalue weighted by Crippen LogP contribution is 2.41. The van der Waals surface area contributed by atoms with Crippen molar-refractivity contribution in [2.75, 3.05) is 52.7 Å². The van der Waals surface area contributed by atoms with E-state index in [0.29, 0.717) is 41.3 Å². The maximum atomic E-state index is 13.7. The molecule has 0 spiro atoms. The van der Waals surface area contributed by atoms with Crippen LogP contribution in [0.25, 0.3) is 0 Å². The van der Waals surface area contributed by atoms with E-state index in [9.17, 15) is 14.4 Å². The molecule has 6 rings (SSSR count). The number of amides is 2. The van der Waals surface area contributed by atoms with E-state index in [1.165, 1.54) is 12.9 Å². The summed E-state index contributed by atoms with van der Waals surface area (Å²) in [6, 6.07) is 17.7. The summed E-state index contributed by atoms with van der Waals surface area (Å²) in [6.45, 7) is 3.79. The molecule has 52 heavy (non-hydrogen) atoms. The Hall–Kier alpha value is -4.37. The molecule has 2 amide bonds. The van der Waals surface area contributed by atoms with Crippen molar-refractivity contribution in [2.45, 2.75) is 37.5 Å². The van der Waals surface area contributed by atoms with Gasteiger partial charge in [-0.2, -0.15) is 0 Å². The Bertz CT molecular complexity index is 1820. The van der Waals surface area contributed by atoms with Crippen LogP contribution in [0.1, 0.15) is 34.3 Å². The summed E-state index contributed by atoms with van der Waals surface area (Å²) in [7, 11) is 4.54. The second-order valence-corrected chi connectivity index (χ2v) is 14.5. The first-order chi connectivity index (χ1) is 25.2. The fourth-order valence-corrected chi connectivity index (χ4v) is 8.46. The van der Waals surface area contributed by atoms with Gasteiger partial charge in [0.2, 0.25) is 5.91 Å². The molecule has 12 nitrogen and oxygen atoms in total. The van der Waals surface area contributed by atoms with Crippen LogP contribution in [-0.4, -0.2) is 99.3 Å². The number of β-lactam (4-membered cyclic amide) rings is 1. The number of methoxy groups -OCH3 is 2. The Morgan fingerprint density at radius 2 is 1.58 bits per heavy atom. The number of thioether (sulfide) groups is 1. The molecule has 0 unspecified atom stereocenters. The quantitative estimate of drug-likeness (QED) is 0.135. The average molecular weight is 750 g/mol. The van der Waals surface area contributed by atoms with Crippen LogP contribution in [0.3, 0.4) is 0 Å². The van der Waals surface area contributed by atoms with Crippen molar-refractivity contribution in [1.29, 1.82) is 0 Å². The lowest BCUT2D eigenvalue weighted by molar-refractivity contribution is -0.911. The molecule has 15 heteroatoms. The molecule has 2 atom stereocenters. The maximum Gasteiger partial charge on any atom is 0.337 e. The van der Waals surface area contributed by atoms with E-state index >= 15 is 0 Å². The minimum Gasteiger partial charge on any atom is -0.539 e. The number of ether oxygens (including phenoxy) is 4. The lowest BCUT2D eigenvalue weighted by Crippen LogP contribution is -2.69. The van der Waals surface area contributed by atoms with Gasteiger partial charge < -0.3 is 39.1 Å². The number of fused-ring (bicyclic) bond motifs is 1. The lowest BCUT2D eigenvalue weighted by atomic mass is 10.0. The standard InChI is InChI=1S/C37H42BClN4O8S/c1-47-26-9-5-23(6-10-26)20-49-29-14-13-28(30(39)33(29)50-21-24-7-11-27(48-2)12-8-24)34(44)41-15-18-43(16-3-4-17-43)19-25-22-52-36-31(40)35(45)42(36)32(25)37(46)51-38/h5-14,31,36H,3-4,15-22,38,40H2,1-2H3/p+1/t31-,36-/m1/s1. The number of benzene rings is 3. The normalized spacial score (nSPS) is 19.0. The molecule has 0 saturated carbocycles. The number of nitrogens with two attached hydrogens (primary N) is 1. The first-order valence-electron chi connectivity index (χ1n) is 17.1. The Kier molecular flexibility index (Phi) is 11.9. The molecule has 3 heterocycles. The van der Waals surface area contributed by atoms with Crippen LogP contribution in [0.4, 0.5) is 0 Å². The van der Waals surface area contributed by atoms with E-state index in [1.54, 1.807) is 38.1 Å². The summed E-state index contributed by atoms with van der Waals surface area (Å²) >= 11 is 8.49. The second-order valence-electron chi connectivity index (χ2n) is 13.0. The number of halogens is 1. The van der Waals surface area contributed by atoms with Crippen molar-refractivity contribution >= 4 is 49.2 Å². The molecule has 0 radical (unpaired) electrons. The highest BCUT2D eigenvalue weighted by molar-refractivity contribution is 8.00. The van der Waals surface area contributed by atoms with Crippen LogP contribution >= 0.6 is 23.4 Å². The summed E-state index contributed by atoms with van der Waals surface area (Å²) in [5.74, 6) is 1.58. The molecule has 3 N–H and O–H groups in total. The zero-order chi connectivity index (χ0) is 36.8. The van der Waals surface area contributed by atoms with Crippen LogP contribution in [0, 0.1) is 0 Å². The summed E-state index contributed by atoms with van der Waals surface area (Å²) in [5, 5.41) is 2.94. The van der Waals surface area contributed by atoms with E-state index in [2.05, 4.69) is 5.32 Å². The van der Waals surface area contributed by atoms with E-state index in [1.807, 2.05) is 48.5 Å². The van der Waals surface area contributed by atoms with Crippen LogP contribution in [0.15, 0.2) is 71.9 Å². The number of quaternary nitrogens is 1. The summed E-state index contributed by atoms with van der Waals surface area (Å²) in [6.07, 6.45) is 2.05. The SMILES string of the molecule is BOC(=O)C1=C(C[N+]2(CCNC(=O)c3ccc(OCc4ccc(OC)cc4)c(OCc4ccc(OC)cc4)c3Cl)CCCC2)CS[C@@H]2[C@H](N)C(=O)N12. The number of carbonyl (C=O) groups is 3. The topological polar surface area (TPSA) is 139 Å². The largest absolute Gasteiger partial charge is 0.539 e. The van der Waals surface area contributed by atoms with E-state index < -0.39 is 12.0 Å². The van der Waals surface area contributed by atoms with Gasteiger partial charge in [-0.15, -0.1) is 11.8 Å². The number of likely N-dealkylation sites (tertiary alicyclic amines) is 1. The minimum atomic E-state index is -0.620. The van der Waals surface area contributed by atoms with Gasteiger partial charge in [-0.25, -0.2) is 4.79 Å². The molecule has 0 bridgehead atoms. The predicted molar refractivity (Wildman–Crippen MR) is 200 cm³/mol. The van der Waals surface area contributed by atoms with Crippen molar-refractivity contribution in [2.24, 2.45) is 5.73 Å². The first kappa shape index (κ1) is 37.4. The Morgan fingerprint density at radius 3 is 2.17 bits per heavy atom. The zero-order valence-corrected chi connectivity index (χ0v) is 31.1. The zero-order valence-electron chi connectivity index (χ0n) is 29.5. The smallest absolute Gasteiger partial charge is 0.337 e. The van der Waals surface area contributed by atoms with Crippen molar-refractivity contribution in [3.63, 3.8) is 0 Å². The number of carbonyl (C=O) groups excluding carboxylic acids is 3. The van der Waals surface area contributed by atoms with Crippen molar-refractivity contribution in [3.8, 4) is 23.0 Å². The molecule has 274 valence electrons. The maximum absolute atomic E-state index is 13.7. The van der Waals surface area contributed by atoms with Gasteiger partial charge in [0, 0.05) is 24.2 Å². The van der Waals surface area contributed by atoms with Gasteiger partial charge in [0.25, 0.3) is 5.91 Å². The van der Waals surface area contributed by atoms with Gasteiger partial charge in [-0.05, 0) is 47.5 Å². The summed E-state index contributed by atoms with van der Waals surface area (Å²) in [4.78, 5) is 40.7. The molecule has 3 aromatic carbocycles. The monoisotopic (exact) mass is 749 g/mol. The Morgan fingerprint density at radius 1 is 0.962 bits per heavy atom. The highest BCUT2D eigenvalue weighted by Gasteiger charge is 2.53. The molecular formula is C37H43BClN4O8S+. The number of nitrogens with one attached hydrogen (secondary N) is 1. The van der Waals surface area contributed by atoms with E-state index in [-0.39, 0.29) is 46.7 Å². The van der Waals surface area contributed by atoms with Gasteiger partial charge in [0.15, 0.2) is 11.5 Å². The highest BCUT2D eigenvalue weighted by atomic mass is 35.5. The first-order valence-corrected chi connectivity index (χ1v) is 18.6. The Balaban J connectivity index is 1.17. The van der Waals surface area contributed by atoms with E-state index in [4.69, 9.17) is 40.9 Å². The second kappa shape index (κ2) is 16.5. The fourth-order valence-electron chi connectivity index (χ4n) is 6.88. The number of rotatable bonds is 15. The van der Waals surface area contributed by atoms with Gasteiger partial charge in [0.1, 0.15) is 48.4 Å². The van der Waals surface area contributed by atoms with Crippen LogP contribution in [0.2, 0.25) is 5.02 Å². The number of hydrogen-bond acceptors (Lipinski definition) is 10. The third kappa shape index (κ3) is 8.00. The van der Waals surface area contributed by atoms with Crippen LogP contribution < -0.4 is 30.0 Å². The van der Waals surface area contributed by atoms with Gasteiger partial charge in [-0.3, -0.25) is 14.5 Å². The molecule has 3 aliphatic rings. The molecule has 3 aromatic rings. The third-order valence-corrected chi connectivity index (χ3v) is 11.5. The number of nitrogens with zero attached hydrogens (tertiary/aromatic N) is 2. The molecule has 2 saturated heterocycles. The van der Waals surface area contributed by atoms with Gasteiger partial charge in [-0.1, -0.05) is 35.9 Å². The molecule has 0 aliphatic carbocycles. The van der Waals surface area contributed by atoms with E-state index in [0.717, 1.165) is 54.1 Å². The number of hydrogen-bond donors (Lipinski definition) is 2. The molecular weight excluding hydrogens is 707 g/mol. The molecule has 2 fully saturated rings. The van der Waals surface area contributed by atoms with Gasteiger partial charge in [0.05, 0.1) is 51.0 Å². The minimum absolute atomic E-state index is 0.141. The molecule has 3 aliphatic heterocycles. The van der Waals surface area contributed by atoms with Crippen LogP contribution in [0.5, 0.6) is 23.0 Å². The van der Waals surface area contributed by atoms with Crippen molar-refractivity contribution in [3.05, 3.63) is 93.6 Å². The van der Waals surface area contributed by atoms with Gasteiger partial charge >= 0.3 is 14.0 Å². The summed E-state index contributed by atoms with van der Waals surface area (Å²) < 4.78 is 28.7. The summed E-state index contributed by atoms with van der Waals surface area (Å²) in [5.41, 5.74) is 9.26. The predicted octanol–water partition coefficient (Wildman–Crippen LogP) is 3.44. The molecule has 0 aromatic heterocycles. The van der Waals surface area contributed by atoms with Crippen LogP contribution in [-0.2, 0) is 27.5 Å². The lowest BCUT2D eigenvalue weighted by Gasteiger charge is -2.49.